The van der Waals surface area contributed by atoms with E-state index < -0.39 is 0 Å². The lowest BCUT2D eigenvalue weighted by Crippen LogP contribution is -2.26. The fraction of sp³-hybridized carbons (Fsp3) is 0.133. The van der Waals surface area contributed by atoms with Gasteiger partial charge in [-0.2, -0.15) is 9.90 Å². The van der Waals surface area contributed by atoms with Crippen LogP contribution in [0.15, 0.2) is 49.1 Å². The zero-order valence-electron chi connectivity index (χ0n) is 11.6. The number of aromatic nitrogens is 5. The molecule has 0 aliphatic carbocycles. The second kappa shape index (κ2) is 5.03. The largest absolute Gasteiger partial charge is 0.327 e. The number of carbonyl (C=O) groups excluding carboxylic acids is 1. The van der Waals surface area contributed by atoms with E-state index in [0.717, 1.165) is 16.9 Å². The second-order valence-electron chi connectivity index (χ2n) is 5.01. The van der Waals surface area contributed by atoms with Crippen LogP contribution >= 0.6 is 0 Å². The molecule has 0 saturated heterocycles. The number of rotatable bonds is 2. The molecule has 22 heavy (non-hydrogen) atoms. The summed E-state index contributed by atoms with van der Waals surface area (Å²) >= 11 is 0. The average molecular weight is 292 g/mol. The first-order valence-electron chi connectivity index (χ1n) is 6.86. The van der Waals surface area contributed by atoms with Crippen LogP contribution in [-0.4, -0.2) is 35.8 Å². The summed E-state index contributed by atoms with van der Waals surface area (Å²) in [6.45, 7) is 0.988. The quantitative estimate of drug-likeness (QED) is 0.709. The standard InChI is InChI=1S/C15H12N6O/c22-15(20-8-11-6-16-10-17-14(11)9-20)13-7-18-21(19-13)12-4-2-1-3-5-12/h1-7,10H,8-9H2. The van der Waals surface area contributed by atoms with Crippen LogP contribution in [0.2, 0.25) is 0 Å². The van der Waals surface area contributed by atoms with Crippen LogP contribution in [0.3, 0.4) is 0 Å². The van der Waals surface area contributed by atoms with E-state index in [4.69, 9.17) is 0 Å². The molecule has 7 nitrogen and oxygen atoms in total. The van der Waals surface area contributed by atoms with Gasteiger partial charge in [-0.25, -0.2) is 9.97 Å². The van der Waals surface area contributed by atoms with Gasteiger partial charge in [0.05, 0.1) is 24.1 Å². The van der Waals surface area contributed by atoms with E-state index in [9.17, 15) is 4.79 Å². The summed E-state index contributed by atoms with van der Waals surface area (Å²) in [4.78, 5) is 23.8. The zero-order chi connectivity index (χ0) is 14.9. The minimum absolute atomic E-state index is 0.153. The Bertz CT molecular complexity index is 804. The normalized spacial score (nSPS) is 13.2. The lowest BCUT2D eigenvalue weighted by Gasteiger charge is -2.12. The summed E-state index contributed by atoms with van der Waals surface area (Å²) in [6.07, 6.45) is 4.74. The predicted molar refractivity (Wildman–Crippen MR) is 77.0 cm³/mol. The first kappa shape index (κ1) is 12.6. The molecule has 2 aromatic heterocycles. The number of nitrogens with zero attached hydrogens (tertiary/aromatic N) is 6. The van der Waals surface area contributed by atoms with E-state index in [0.29, 0.717) is 18.8 Å². The molecule has 1 aliphatic heterocycles. The van der Waals surface area contributed by atoms with Crippen LogP contribution in [0.5, 0.6) is 0 Å². The highest BCUT2D eigenvalue weighted by molar-refractivity contribution is 5.92. The maximum Gasteiger partial charge on any atom is 0.276 e. The minimum atomic E-state index is -0.153. The summed E-state index contributed by atoms with van der Waals surface area (Å²) in [6, 6.07) is 9.48. The molecule has 1 aliphatic rings. The minimum Gasteiger partial charge on any atom is -0.327 e. The van der Waals surface area contributed by atoms with Gasteiger partial charge in [0.25, 0.3) is 5.91 Å². The summed E-state index contributed by atoms with van der Waals surface area (Å²) in [5, 5.41) is 8.42. The summed E-state index contributed by atoms with van der Waals surface area (Å²) < 4.78 is 0. The van der Waals surface area contributed by atoms with Crippen molar-refractivity contribution in [3.8, 4) is 5.69 Å². The molecule has 0 fully saturated rings. The third-order valence-electron chi connectivity index (χ3n) is 3.57. The third kappa shape index (κ3) is 2.12. The first-order valence-corrected chi connectivity index (χ1v) is 6.86. The Labute approximate surface area is 126 Å². The summed E-state index contributed by atoms with van der Waals surface area (Å²) in [5.41, 5.74) is 3.01. The number of hydrogen-bond acceptors (Lipinski definition) is 5. The Morgan fingerprint density at radius 2 is 1.95 bits per heavy atom. The van der Waals surface area contributed by atoms with Gasteiger partial charge in [0.15, 0.2) is 5.69 Å². The Balaban J connectivity index is 1.57. The van der Waals surface area contributed by atoms with Crippen molar-refractivity contribution in [2.75, 3.05) is 0 Å². The van der Waals surface area contributed by atoms with Gasteiger partial charge in [-0.15, -0.1) is 5.10 Å². The van der Waals surface area contributed by atoms with Gasteiger partial charge in [-0.3, -0.25) is 4.79 Å². The van der Waals surface area contributed by atoms with Crippen molar-refractivity contribution in [1.82, 2.24) is 29.9 Å². The van der Waals surface area contributed by atoms with Crippen LogP contribution in [0.25, 0.3) is 5.69 Å². The van der Waals surface area contributed by atoms with Gasteiger partial charge in [0.1, 0.15) is 6.33 Å². The molecule has 0 bridgehead atoms. The van der Waals surface area contributed by atoms with Crippen molar-refractivity contribution >= 4 is 5.91 Å². The first-order chi connectivity index (χ1) is 10.8. The van der Waals surface area contributed by atoms with Gasteiger partial charge in [-0.1, -0.05) is 18.2 Å². The van der Waals surface area contributed by atoms with Crippen molar-refractivity contribution in [3.63, 3.8) is 0 Å². The van der Waals surface area contributed by atoms with E-state index in [-0.39, 0.29) is 5.91 Å². The molecule has 0 atom stereocenters. The Morgan fingerprint density at radius 1 is 1.09 bits per heavy atom. The summed E-state index contributed by atoms with van der Waals surface area (Å²) in [5.74, 6) is -0.153. The second-order valence-corrected chi connectivity index (χ2v) is 5.01. The van der Waals surface area contributed by atoms with Crippen molar-refractivity contribution in [1.29, 1.82) is 0 Å². The molecule has 0 N–H and O–H groups in total. The van der Waals surface area contributed by atoms with Crippen LogP contribution in [0.1, 0.15) is 21.7 Å². The Hall–Kier alpha value is -3.09. The highest BCUT2D eigenvalue weighted by Gasteiger charge is 2.27. The van der Waals surface area contributed by atoms with Crippen LogP contribution in [0, 0.1) is 0 Å². The fourth-order valence-corrected chi connectivity index (χ4v) is 2.45. The molecule has 0 spiro atoms. The molecule has 0 saturated carbocycles. The fourth-order valence-electron chi connectivity index (χ4n) is 2.45. The monoisotopic (exact) mass is 292 g/mol. The number of para-hydroxylation sites is 1. The average Bonchev–Trinajstić information content (AvgIpc) is 3.22. The topological polar surface area (TPSA) is 76.8 Å². The van der Waals surface area contributed by atoms with E-state index in [1.54, 1.807) is 11.1 Å². The van der Waals surface area contributed by atoms with Crippen LogP contribution < -0.4 is 0 Å². The van der Waals surface area contributed by atoms with E-state index in [1.165, 1.54) is 17.3 Å². The van der Waals surface area contributed by atoms with Gasteiger partial charge in [0.2, 0.25) is 0 Å². The molecule has 0 unspecified atom stereocenters. The number of benzene rings is 1. The molecule has 3 heterocycles. The number of amides is 1. The maximum absolute atomic E-state index is 12.5. The maximum atomic E-state index is 12.5. The molecular formula is C15H12N6O. The molecule has 1 aromatic carbocycles. The molecule has 4 rings (SSSR count). The molecule has 1 amide bonds. The predicted octanol–water partition coefficient (Wildman–Crippen LogP) is 1.21. The van der Waals surface area contributed by atoms with Gasteiger partial charge in [-0.05, 0) is 12.1 Å². The number of hydrogen-bond donors (Lipinski definition) is 0. The highest BCUT2D eigenvalue weighted by atomic mass is 16.2. The lowest BCUT2D eigenvalue weighted by atomic mass is 10.3. The summed E-state index contributed by atoms with van der Waals surface area (Å²) in [7, 11) is 0. The van der Waals surface area contributed by atoms with E-state index in [1.807, 2.05) is 30.3 Å². The van der Waals surface area contributed by atoms with E-state index in [2.05, 4.69) is 20.2 Å². The van der Waals surface area contributed by atoms with Crippen LogP contribution in [-0.2, 0) is 13.1 Å². The molecule has 108 valence electrons. The van der Waals surface area contributed by atoms with Crippen LogP contribution in [0.4, 0.5) is 0 Å². The Morgan fingerprint density at radius 3 is 2.77 bits per heavy atom. The SMILES string of the molecule is O=C(c1cnn(-c2ccccc2)n1)N1Cc2cncnc2C1. The van der Waals surface area contributed by atoms with Crippen molar-refractivity contribution in [2.45, 2.75) is 13.1 Å². The highest BCUT2D eigenvalue weighted by Crippen LogP contribution is 2.21. The van der Waals surface area contributed by atoms with E-state index >= 15 is 0 Å². The van der Waals surface area contributed by atoms with Gasteiger partial charge >= 0.3 is 0 Å². The molecule has 3 aromatic rings. The smallest absolute Gasteiger partial charge is 0.276 e. The Kier molecular flexibility index (Phi) is 2.89. The van der Waals surface area contributed by atoms with Crippen molar-refractivity contribution in [3.05, 3.63) is 66.0 Å². The number of carbonyl (C=O) groups is 1. The van der Waals surface area contributed by atoms with Gasteiger partial charge < -0.3 is 4.90 Å². The van der Waals surface area contributed by atoms with Gasteiger partial charge in [0, 0.05) is 18.3 Å². The molecule has 0 radical (unpaired) electrons. The van der Waals surface area contributed by atoms with Crippen molar-refractivity contribution in [2.24, 2.45) is 0 Å². The lowest BCUT2D eigenvalue weighted by molar-refractivity contribution is 0.0744. The number of fused-ring (bicyclic) bond motifs is 1. The molecular weight excluding hydrogens is 280 g/mol. The third-order valence-corrected chi connectivity index (χ3v) is 3.57. The molecule has 7 heteroatoms. The van der Waals surface area contributed by atoms with Crippen molar-refractivity contribution < 1.29 is 4.79 Å². The zero-order valence-corrected chi connectivity index (χ0v) is 11.6.